The molecule has 0 aromatic heterocycles. The van der Waals surface area contributed by atoms with E-state index < -0.39 is 0 Å². The molecular weight excluding hydrogens is 256 g/mol. The first kappa shape index (κ1) is 14.7. The minimum Gasteiger partial charge on any atom is -0.497 e. The maximum atomic E-state index is 11.5. The van der Waals surface area contributed by atoms with Crippen LogP contribution in [0.1, 0.15) is 31.2 Å². The Morgan fingerprint density at radius 1 is 1.30 bits per heavy atom. The Bertz CT molecular complexity index is 483. The van der Waals surface area contributed by atoms with Crippen LogP contribution in [0.15, 0.2) is 18.2 Å². The monoisotopic (exact) mass is 278 g/mol. The van der Waals surface area contributed by atoms with E-state index in [2.05, 4.69) is 6.92 Å². The predicted molar refractivity (Wildman–Crippen MR) is 76.2 cm³/mol. The molecule has 0 saturated heterocycles. The predicted octanol–water partition coefficient (Wildman–Crippen LogP) is 3.01. The molecule has 2 rings (SSSR count). The van der Waals surface area contributed by atoms with Crippen molar-refractivity contribution < 1.29 is 19.0 Å². The number of ether oxygens (including phenoxy) is 3. The number of hydrogen-bond donors (Lipinski definition) is 0. The minimum absolute atomic E-state index is 0.0825. The van der Waals surface area contributed by atoms with E-state index in [-0.39, 0.29) is 11.9 Å². The van der Waals surface area contributed by atoms with E-state index in [1.165, 1.54) is 7.11 Å². The molecule has 110 valence electrons. The normalized spacial score (nSPS) is 22.0. The van der Waals surface area contributed by atoms with Crippen LogP contribution in [-0.2, 0) is 9.53 Å². The van der Waals surface area contributed by atoms with Crippen LogP contribution in [0, 0.1) is 11.8 Å². The molecule has 1 aromatic carbocycles. The molecule has 20 heavy (non-hydrogen) atoms. The van der Waals surface area contributed by atoms with Crippen LogP contribution in [-0.4, -0.2) is 27.3 Å². The molecule has 0 amide bonds. The van der Waals surface area contributed by atoms with Crippen molar-refractivity contribution in [1.82, 2.24) is 0 Å². The molecule has 1 fully saturated rings. The number of carbonyl (C=O) groups is 1. The van der Waals surface area contributed by atoms with Gasteiger partial charge in [-0.15, -0.1) is 0 Å². The van der Waals surface area contributed by atoms with Gasteiger partial charge in [-0.2, -0.15) is 0 Å². The third-order valence-corrected chi connectivity index (χ3v) is 4.05. The van der Waals surface area contributed by atoms with Gasteiger partial charge in [0.05, 0.1) is 27.2 Å². The molecule has 3 atom stereocenters. The zero-order chi connectivity index (χ0) is 14.7. The van der Waals surface area contributed by atoms with Gasteiger partial charge in [-0.25, -0.2) is 0 Å². The lowest BCUT2D eigenvalue weighted by molar-refractivity contribution is -0.142. The number of carbonyl (C=O) groups excluding carboxylic acids is 1. The van der Waals surface area contributed by atoms with Gasteiger partial charge in [0.15, 0.2) is 0 Å². The van der Waals surface area contributed by atoms with Crippen LogP contribution >= 0.6 is 0 Å². The second-order valence-electron chi connectivity index (χ2n) is 5.37. The number of esters is 1. The number of rotatable bonds is 6. The maximum absolute atomic E-state index is 11.5. The molecule has 1 aromatic rings. The Morgan fingerprint density at radius 3 is 2.65 bits per heavy atom. The number of methoxy groups -OCH3 is 3. The molecule has 4 heteroatoms. The van der Waals surface area contributed by atoms with Crippen molar-refractivity contribution >= 4 is 5.97 Å². The van der Waals surface area contributed by atoms with Crippen molar-refractivity contribution in [2.24, 2.45) is 11.8 Å². The van der Waals surface area contributed by atoms with Crippen molar-refractivity contribution in [1.29, 1.82) is 0 Å². The highest BCUT2D eigenvalue weighted by Crippen LogP contribution is 2.47. The van der Waals surface area contributed by atoms with E-state index in [1.807, 2.05) is 18.2 Å². The summed E-state index contributed by atoms with van der Waals surface area (Å²) in [5.74, 6) is 2.44. The summed E-state index contributed by atoms with van der Waals surface area (Å²) in [5.41, 5.74) is 1.13. The van der Waals surface area contributed by atoms with E-state index in [0.717, 1.165) is 29.9 Å². The summed E-state index contributed by atoms with van der Waals surface area (Å²) < 4.78 is 15.5. The van der Waals surface area contributed by atoms with E-state index in [9.17, 15) is 4.79 Å². The van der Waals surface area contributed by atoms with Crippen molar-refractivity contribution in [3.63, 3.8) is 0 Å². The zero-order valence-corrected chi connectivity index (χ0v) is 12.5. The van der Waals surface area contributed by atoms with Crippen molar-refractivity contribution in [3.05, 3.63) is 23.8 Å². The topological polar surface area (TPSA) is 44.8 Å². The van der Waals surface area contributed by atoms with E-state index in [0.29, 0.717) is 11.8 Å². The van der Waals surface area contributed by atoms with Gasteiger partial charge in [0.25, 0.3) is 0 Å². The highest BCUT2D eigenvalue weighted by atomic mass is 16.5. The summed E-state index contributed by atoms with van der Waals surface area (Å²) in [6.07, 6.45) is 1.90. The molecule has 1 saturated carbocycles. The first-order chi connectivity index (χ1) is 9.60. The summed E-state index contributed by atoms with van der Waals surface area (Å²) in [4.78, 5) is 11.5. The zero-order valence-electron chi connectivity index (χ0n) is 12.5. The molecule has 1 aliphatic carbocycles. The third-order valence-electron chi connectivity index (χ3n) is 4.05. The smallest absolute Gasteiger partial charge is 0.308 e. The largest absolute Gasteiger partial charge is 0.497 e. The fourth-order valence-electron chi connectivity index (χ4n) is 2.75. The molecule has 0 aliphatic heterocycles. The summed E-state index contributed by atoms with van der Waals surface area (Å²) in [5, 5.41) is 0. The first-order valence-corrected chi connectivity index (χ1v) is 6.90. The molecule has 0 N–H and O–H groups in total. The van der Waals surface area contributed by atoms with Crippen LogP contribution in [0.4, 0.5) is 0 Å². The highest BCUT2D eigenvalue weighted by molar-refractivity contribution is 5.75. The summed E-state index contributed by atoms with van der Waals surface area (Å²) in [6, 6.07) is 5.83. The SMILES string of the molecule is COC(=O)C1CC1CC(C)c1cc(OC)ccc1OC. The molecule has 3 unspecified atom stereocenters. The maximum Gasteiger partial charge on any atom is 0.308 e. The van der Waals surface area contributed by atoms with Gasteiger partial charge in [-0.1, -0.05) is 6.92 Å². The molecule has 4 nitrogen and oxygen atoms in total. The van der Waals surface area contributed by atoms with Crippen molar-refractivity contribution in [2.45, 2.75) is 25.7 Å². The van der Waals surface area contributed by atoms with Crippen molar-refractivity contribution in [2.75, 3.05) is 21.3 Å². The Kier molecular flexibility index (Phi) is 4.53. The lowest BCUT2D eigenvalue weighted by atomic mass is 9.93. The average molecular weight is 278 g/mol. The Labute approximate surface area is 120 Å². The quantitative estimate of drug-likeness (QED) is 0.750. The first-order valence-electron chi connectivity index (χ1n) is 6.90. The Balaban J connectivity index is 2.05. The number of benzene rings is 1. The van der Waals surface area contributed by atoms with Gasteiger partial charge in [0.2, 0.25) is 0 Å². The fourth-order valence-corrected chi connectivity index (χ4v) is 2.75. The van der Waals surface area contributed by atoms with Gasteiger partial charge in [0.1, 0.15) is 11.5 Å². The van der Waals surface area contributed by atoms with Gasteiger partial charge >= 0.3 is 5.97 Å². The van der Waals surface area contributed by atoms with Gasteiger partial charge in [-0.05, 0) is 42.9 Å². The van der Waals surface area contributed by atoms with Gasteiger partial charge < -0.3 is 14.2 Å². The molecule has 0 heterocycles. The lowest BCUT2D eigenvalue weighted by Gasteiger charge is -2.16. The van der Waals surface area contributed by atoms with E-state index in [4.69, 9.17) is 14.2 Å². The van der Waals surface area contributed by atoms with Crippen LogP contribution in [0.3, 0.4) is 0 Å². The number of hydrogen-bond acceptors (Lipinski definition) is 4. The highest BCUT2D eigenvalue weighted by Gasteiger charge is 2.44. The minimum atomic E-state index is -0.0835. The van der Waals surface area contributed by atoms with Crippen LogP contribution < -0.4 is 9.47 Å². The third kappa shape index (κ3) is 3.06. The van der Waals surface area contributed by atoms with Crippen LogP contribution in [0.2, 0.25) is 0 Å². The van der Waals surface area contributed by atoms with Crippen molar-refractivity contribution in [3.8, 4) is 11.5 Å². The van der Waals surface area contributed by atoms with E-state index >= 15 is 0 Å². The molecule has 0 radical (unpaired) electrons. The Morgan fingerprint density at radius 2 is 2.05 bits per heavy atom. The average Bonchev–Trinajstić information content (AvgIpc) is 3.24. The molecular formula is C16H22O4. The summed E-state index contributed by atoms with van der Waals surface area (Å²) in [7, 11) is 4.78. The Hall–Kier alpha value is -1.71. The fraction of sp³-hybridized carbons (Fsp3) is 0.562. The van der Waals surface area contributed by atoms with Gasteiger partial charge in [0, 0.05) is 5.56 Å². The summed E-state index contributed by atoms with van der Waals surface area (Å²) in [6.45, 7) is 2.16. The van der Waals surface area contributed by atoms with Crippen LogP contribution in [0.5, 0.6) is 11.5 Å². The molecule has 0 spiro atoms. The lowest BCUT2D eigenvalue weighted by Crippen LogP contribution is -2.06. The van der Waals surface area contributed by atoms with Crippen LogP contribution in [0.25, 0.3) is 0 Å². The van der Waals surface area contributed by atoms with Gasteiger partial charge in [-0.3, -0.25) is 4.79 Å². The van der Waals surface area contributed by atoms with E-state index in [1.54, 1.807) is 14.2 Å². The summed E-state index contributed by atoms with van der Waals surface area (Å²) >= 11 is 0. The molecule has 1 aliphatic rings. The molecule has 0 bridgehead atoms. The standard InChI is InChI=1S/C16H22O4/c1-10(7-11-8-14(11)16(17)20-4)13-9-12(18-2)5-6-15(13)19-3/h5-6,9-11,14H,7-8H2,1-4H3. The second kappa shape index (κ2) is 6.16. The second-order valence-corrected chi connectivity index (χ2v) is 5.37.